The first kappa shape index (κ1) is 16.4. The smallest absolute Gasteiger partial charge is 0.119 e. The van der Waals surface area contributed by atoms with Crippen LogP contribution in [0.3, 0.4) is 0 Å². The summed E-state index contributed by atoms with van der Waals surface area (Å²) in [6, 6.07) is 12.3. The van der Waals surface area contributed by atoms with E-state index in [-0.39, 0.29) is 0 Å². The van der Waals surface area contributed by atoms with E-state index in [1.807, 2.05) is 25.1 Å². The van der Waals surface area contributed by atoms with Gasteiger partial charge >= 0.3 is 0 Å². The van der Waals surface area contributed by atoms with Crippen molar-refractivity contribution in [3.63, 3.8) is 0 Å². The van der Waals surface area contributed by atoms with Crippen molar-refractivity contribution in [1.82, 2.24) is 0 Å². The molecule has 0 heterocycles. The Morgan fingerprint density at radius 2 is 1.86 bits per heavy atom. The van der Waals surface area contributed by atoms with Crippen molar-refractivity contribution in [2.24, 2.45) is 0 Å². The maximum atomic E-state index is 6.31. The second-order valence-corrected chi connectivity index (χ2v) is 6.68. The van der Waals surface area contributed by atoms with Crippen LogP contribution in [-0.4, -0.2) is 6.61 Å². The lowest BCUT2D eigenvalue weighted by Crippen LogP contribution is -2.00. The zero-order valence-corrected chi connectivity index (χ0v) is 15.0. The fraction of sp³-hybridized carbons (Fsp3) is 0.333. The molecule has 0 amide bonds. The fourth-order valence-corrected chi connectivity index (χ4v) is 3.00. The minimum atomic E-state index is 0.450. The van der Waals surface area contributed by atoms with Crippen LogP contribution < -0.4 is 4.74 Å². The molecule has 3 heteroatoms. The van der Waals surface area contributed by atoms with Crippen molar-refractivity contribution in [3.05, 3.63) is 62.6 Å². The van der Waals surface area contributed by atoms with Crippen LogP contribution in [0.15, 0.2) is 40.9 Å². The molecule has 0 aliphatic heterocycles. The van der Waals surface area contributed by atoms with Gasteiger partial charge in [-0.15, -0.1) is 0 Å². The molecule has 112 valence electrons. The Hall–Kier alpha value is -0.990. The van der Waals surface area contributed by atoms with E-state index in [1.54, 1.807) is 0 Å². The maximum absolute atomic E-state index is 6.31. The maximum Gasteiger partial charge on any atom is 0.119 e. The molecule has 0 bridgehead atoms. The van der Waals surface area contributed by atoms with Crippen LogP contribution >= 0.6 is 27.5 Å². The first-order chi connectivity index (χ1) is 10.0. The first-order valence-corrected chi connectivity index (χ1v) is 8.38. The van der Waals surface area contributed by atoms with Gasteiger partial charge in [-0.1, -0.05) is 47.4 Å². The zero-order valence-electron chi connectivity index (χ0n) is 12.6. The third kappa shape index (κ3) is 4.24. The molecule has 0 fully saturated rings. The van der Waals surface area contributed by atoms with Gasteiger partial charge in [-0.05, 0) is 66.3 Å². The topological polar surface area (TPSA) is 9.23 Å². The van der Waals surface area contributed by atoms with E-state index in [0.29, 0.717) is 12.5 Å². The van der Waals surface area contributed by atoms with Crippen LogP contribution in [0, 0.1) is 0 Å². The normalized spacial score (nSPS) is 11.0. The van der Waals surface area contributed by atoms with Crippen molar-refractivity contribution in [3.8, 4) is 5.75 Å². The third-order valence-electron chi connectivity index (χ3n) is 3.44. The van der Waals surface area contributed by atoms with Crippen LogP contribution in [0.1, 0.15) is 43.4 Å². The summed E-state index contributed by atoms with van der Waals surface area (Å²) in [6.45, 7) is 7.10. The summed E-state index contributed by atoms with van der Waals surface area (Å²) in [7, 11) is 0. The molecule has 0 atom stereocenters. The second-order valence-electron chi connectivity index (χ2n) is 5.36. The van der Waals surface area contributed by atoms with Crippen LogP contribution in [-0.2, 0) is 6.42 Å². The second kappa shape index (κ2) is 7.33. The quantitative estimate of drug-likeness (QED) is 0.610. The number of hydrogen-bond acceptors (Lipinski definition) is 1. The van der Waals surface area contributed by atoms with Gasteiger partial charge in [0.25, 0.3) is 0 Å². The molecule has 0 N–H and O–H groups in total. The van der Waals surface area contributed by atoms with Gasteiger partial charge in [0.15, 0.2) is 0 Å². The van der Waals surface area contributed by atoms with Gasteiger partial charge in [-0.25, -0.2) is 0 Å². The van der Waals surface area contributed by atoms with Crippen molar-refractivity contribution in [2.45, 2.75) is 33.1 Å². The van der Waals surface area contributed by atoms with Gasteiger partial charge < -0.3 is 4.74 Å². The Kier molecular flexibility index (Phi) is 5.72. The van der Waals surface area contributed by atoms with Gasteiger partial charge in [0.05, 0.1) is 6.61 Å². The largest absolute Gasteiger partial charge is 0.494 e. The summed E-state index contributed by atoms with van der Waals surface area (Å²) in [5.41, 5.74) is 3.75. The predicted octanol–water partition coefficient (Wildman–Crippen LogP) is 6.22. The lowest BCUT2D eigenvalue weighted by atomic mass is 9.93. The lowest BCUT2D eigenvalue weighted by Gasteiger charge is -2.16. The van der Waals surface area contributed by atoms with E-state index in [0.717, 1.165) is 27.2 Å². The van der Waals surface area contributed by atoms with Gasteiger partial charge in [0.2, 0.25) is 0 Å². The van der Waals surface area contributed by atoms with Crippen molar-refractivity contribution < 1.29 is 4.74 Å². The Labute approximate surface area is 140 Å². The molecule has 2 rings (SSSR count). The van der Waals surface area contributed by atoms with E-state index in [2.05, 4.69) is 48.0 Å². The van der Waals surface area contributed by atoms with Gasteiger partial charge in [-0.2, -0.15) is 0 Å². The first-order valence-electron chi connectivity index (χ1n) is 7.20. The van der Waals surface area contributed by atoms with E-state index in [9.17, 15) is 0 Å². The number of benzene rings is 2. The molecule has 0 unspecified atom stereocenters. The highest BCUT2D eigenvalue weighted by atomic mass is 79.9. The Morgan fingerprint density at radius 3 is 2.52 bits per heavy atom. The molecule has 1 nitrogen and oxygen atoms in total. The molecule has 0 saturated carbocycles. The standard InChI is InChI=1S/C18H20BrClO/c1-4-21-16-7-5-13(17(11-16)12(2)3)9-14-10-15(19)6-8-18(14)20/h5-8,10-12H,4,9H2,1-3H3. The predicted molar refractivity (Wildman–Crippen MR) is 93.7 cm³/mol. The average molecular weight is 368 g/mol. The van der Waals surface area contributed by atoms with E-state index in [1.165, 1.54) is 11.1 Å². The summed E-state index contributed by atoms with van der Waals surface area (Å²) in [6.07, 6.45) is 0.832. The summed E-state index contributed by atoms with van der Waals surface area (Å²) < 4.78 is 6.67. The van der Waals surface area contributed by atoms with Crippen molar-refractivity contribution >= 4 is 27.5 Å². The molecule has 0 aliphatic carbocycles. The van der Waals surface area contributed by atoms with E-state index in [4.69, 9.17) is 16.3 Å². The summed E-state index contributed by atoms with van der Waals surface area (Å²) >= 11 is 9.82. The van der Waals surface area contributed by atoms with Crippen LogP contribution in [0.4, 0.5) is 0 Å². The fourth-order valence-electron chi connectivity index (χ4n) is 2.41. The molecule has 0 saturated heterocycles. The summed E-state index contributed by atoms with van der Waals surface area (Å²) in [5.74, 6) is 1.39. The molecule has 2 aromatic carbocycles. The van der Waals surface area contributed by atoms with Crippen molar-refractivity contribution in [2.75, 3.05) is 6.61 Å². The third-order valence-corrected chi connectivity index (χ3v) is 4.30. The number of ether oxygens (including phenoxy) is 1. The molecule has 2 aromatic rings. The minimum absolute atomic E-state index is 0.450. The summed E-state index contributed by atoms with van der Waals surface area (Å²) in [4.78, 5) is 0. The number of halogens is 2. The van der Waals surface area contributed by atoms with Gasteiger partial charge in [0, 0.05) is 9.50 Å². The molecule has 0 spiro atoms. The zero-order chi connectivity index (χ0) is 15.4. The van der Waals surface area contributed by atoms with Crippen LogP contribution in [0.2, 0.25) is 5.02 Å². The van der Waals surface area contributed by atoms with Gasteiger partial charge in [0.1, 0.15) is 5.75 Å². The van der Waals surface area contributed by atoms with E-state index < -0.39 is 0 Å². The van der Waals surface area contributed by atoms with Gasteiger partial charge in [-0.3, -0.25) is 0 Å². The molecule has 0 radical (unpaired) electrons. The Bertz CT molecular complexity index is 623. The van der Waals surface area contributed by atoms with Crippen molar-refractivity contribution in [1.29, 1.82) is 0 Å². The molecular weight excluding hydrogens is 348 g/mol. The lowest BCUT2D eigenvalue weighted by molar-refractivity contribution is 0.339. The molecular formula is C18H20BrClO. The molecule has 0 aliphatic rings. The monoisotopic (exact) mass is 366 g/mol. The number of hydrogen-bond donors (Lipinski definition) is 0. The molecule has 0 aromatic heterocycles. The molecule has 21 heavy (non-hydrogen) atoms. The SMILES string of the molecule is CCOc1ccc(Cc2cc(Br)ccc2Cl)c(C(C)C)c1. The Morgan fingerprint density at radius 1 is 1.10 bits per heavy atom. The van der Waals surface area contributed by atoms with Crippen LogP contribution in [0.25, 0.3) is 0 Å². The van der Waals surface area contributed by atoms with E-state index >= 15 is 0 Å². The highest BCUT2D eigenvalue weighted by Gasteiger charge is 2.11. The highest BCUT2D eigenvalue weighted by molar-refractivity contribution is 9.10. The average Bonchev–Trinajstić information content (AvgIpc) is 2.44. The highest BCUT2D eigenvalue weighted by Crippen LogP contribution is 2.29. The summed E-state index contributed by atoms with van der Waals surface area (Å²) in [5, 5.41) is 0.807. The van der Waals surface area contributed by atoms with Crippen LogP contribution in [0.5, 0.6) is 5.75 Å². The number of rotatable bonds is 5. The Balaban J connectivity index is 2.36. The minimum Gasteiger partial charge on any atom is -0.494 e.